The molecule has 21 heavy (non-hydrogen) atoms. The minimum atomic E-state index is -0.0957. The highest BCUT2D eigenvalue weighted by Gasteiger charge is 2.18. The van der Waals surface area contributed by atoms with Gasteiger partial charge in [0.1, 0.15) is 5.78 Å². The van der Waals surface area contributed by atoms with Gasteiger partial charge in [0.2, 0.25) is 0 Å². The van der Waals surface area contributed by atoms with Gasteiger partial charge in [0, 0.05) is 29.4 Å². The summed E-state index contributed by atoms with van der Waals surface area (Å²) in [5.41, 5.74) is 4.49. The summed E-state index contributed by atoms with van der Waals surface area (Å²) < 4.78 is 0. The first-order chi connectivity index (χ1) is 10.1. The lowest BCUT2D eigenvalue weighted by Gasteiger charge is -2.10. The zero-order chi connectivity index (χ0) is 14.8. The van der Waals surface area contributed by atoms with E-state index < -0.39 is 0 Å². The summed E-state index contributed by atoms with van der Waals surface area (Å²) >= 11 is 0. The summed E-state index contributed by atoms with van der Waals surface area (Å²) in [5.74, 6) is 0.157. The summed E-state index contributed by atoms with van der Waals surface area (Å²) in [6, 6.07) is 16.2. The number of Topliss-reactive ketones (excluding diaryl/α,β-unsaturated/α-hetero) is 1. The number of nitrogens with one attached hydrogen (secondary N) is 1. The maximum atomic E-state index is 12.5. The highest BCUT2D eigenvalue weighted by Crippen LogP contribution is 2.27. The Labute approximate surface area is 124 Å². The number of carbonyl (C=O) groups is 1. The van der Waals surface area contributed by atoms with Gasteiger partial charge in [-0.25, -0.2) is 0 Å². The Balaban J connectivity index is 1.86. The number of hydrogen-bond acceptors (Lipinski definition) is 1. The number of H-pyrrole nitrogens is 1. The van der Waals surface area contributed by atoms with Crippen LogP contribution >= 0.6 is 0 Å². The zero-order valence-corrected chi connectivity index (χ0v) is 12.4. The van der Waals surface area contributed by atoms with Crippen LogP contribution in [0, 0.1) is 6.92 Å². The van der Waals surface area contributed by atoms with Gasteiger partial charge in [-0.05, 0) is 29.7 Å². The molecule has 0 saturated heterocycles. The molecule has 2 nitrogen and oxygen atoms in total. The molecule has 0 amide bonds. The first-order valence-corrected chi connectivity index (χ1v) is 7.29. The third-order valence-corrected chi connectivity index (χ3v) is 4.04. The second-order valence-electron chi connectivity index (χ2n) is 5.64. The van der Waals surface area contributed by atoms with Crippen molar-refractivity contribution in [3.8, 4) is 0 Å². The fourth-order valence-electron chi connectivity index (χ4n) is 2.74. The predicted molar refractivity (Wildman–Crippen MR) is 86.6 cm³/mol. The first-order valence-electron chi connectivity index (χ1n) is 7.29. The summed E-state index contributed by atoms with van der Waals surface area (Å²) in [7, 11) is 0. The molecule has 1 atom stereocenters. The van der Waals surface area contributed by atoms with Gasteiger partial charge in [-0.15, -0.1) is 0 Å². The van der Waals surface area contributed by atoms with E-state index in [-0.39, 0.29) is 11.7 Å². The molecule has 3 aromatic rings. The van der Waals surface area contributed by atoms with E-state index in [0.717, 1.165) is 22.0 Å². The maximum Gasteiger partial charge on any atom is 0.144 e. The third-order valence-electron chi connectivity index (χ3n) is 4.04. The van der Waals surface area contributed by atoms with Gasteiger partial charge in [-0.2, -0.15) is 0 Å². The van der Waals surface area contributed by atoms with Crippen LogP contribution in [0.25, 0.3) is 10.9 Å². The molecule has 1 heterocycles. The van der Waals surface area contributed by atoms with Gasteiger partial charge in [0.05, 0.1) is 0 Å². The average molecular weight is 277 g/mol. The highest BCUT2D eigenvalue weighted by atomic mass is 16.1. The van der Waals surface area contributed by atoms with Crippen LogP contribution in [-0.2, 0) is 11.2 Å². The molecule has 2 aromatic carbocycles. The normalized spacial score (nSPS) is 12.5. The largest absolute Gasteiger partial charge is 0.361 e. The predicted octanol–water partition coefficient (Wildman–Crippen LogP) is 4.39. The van der Waals surface area contributed by atoms with E-state index in [1.54, 1.807) is 0 Å². The minimum absolute atomic E-state index is 0.0957. The number of fused-ring (bicyclic) bond motifs is 1. The van der Waals surface area contributed by atoms with Crippen molar-refractivity contribution in [1.82, 2.24) is 4.98 Å². The van der Waals surface area contributed by atoms with Crippen LogP contribution in [0.4, 0.5) is 0 Å². The summed E-state index contributed by atoms with van der Waals surface area (Å²) in [6.07, 6.45) is 2.46. The fourth-order valence-corrected chi connectivity index (χ4v) is 2.74. The number of aromatic amines is 1. The Morgan fingerprint density at radius 1 is 1.14 bits per heavy atom. The van der Waals surface area contributed by atoms with Crippen molar-refractivity contribution in [1.29, 1.82) is 0 Å². The van der Waals surface area contributed by atoms with Crippen molar-refractivity contribution >= 4 is 16.7 Å². The lowest BCUT2D eigenvalue weighted by molar-refractivity contribution is -0.119. The molecule has 0 fully saturated rings. The Kier molecular flexibility index (Phi) is 3.61. The van der Waals surface area contributed by atoms with Gasteiger partial charge in [-0.3, -0.25) is 4.79 Å². The molecule has 0 aliphatic carbocycles. The molecular formula is C19H19NO. The Morgan fingerprint density at radius 2 is 1.90 bits per heavy atom. The molecular weight excluding hydrogens is 258 g/mol. The molecule has 0 spiro atoms. The zero-order valence-electron chi connectivity index (χ0n) is 12.4. The molecule has 0 aliphatic rings. The summed E-state index contributed by atoms with van der Waals surface area (Å²) in [4.78, 5) is 15.8. The Bertz CT molecular complexity index is 771. The van der Waals surface area contributed by atoms with E-state index in [0.29, 0.717) is 6.42 Å². The monoisotopic (exact) mass is 277 g/mol. The second kappa shape index (κ2) is 5.57. The number of aromatic nitrogens is 1. The number of ketones is 1. The van der Waals surface area contributed by atoms with E-state index in [1.807, 2.05) is 43.5 Å². The third kappa shape index (κ3) is 2.75. The minimum Gasteiger partial charge on any atom is -0.361 e. The first kappa shape index (κ1) is 13.6. The molecule has 3 rings (SSSR count). The molecule has 1 aromatic heterocycles. The number of aryl methyl sites for hydroxylation is 1. The van der Waals surface area contributed by atoms with E-state index >= 15 is 0 Å². The van der Waals surface area contributed by atoms with Crippen molar-refractivity contribution in [2.24, 2.45) is 0 Å². The van der Waals surface area contributed by atoms with E-state index in [9.17, 15) is 4.79 Å². The van der Waals surface area contributed by atoms with Crippen LogP contribution in [-0.4, -0.2) is 10.8 Å². The van der Waals surface area contributed by atoms with Gasteiger partial charge in [-0.1, -0.05) is 49.4 Å². The van der Waals surface area contributed by atoms with Gasteiger partial charge >= 0.3 is 0 Å². The molecule has 0 saturated carbocycles. The quantitative estimate of drug-likeness (QED) is 0.753. The van der Waals surface area contributed by atoms with Gasteiger partial charge in [0.25, 0.3) is 0 Å². The van der Waals surface area contributed by atoms with E-state index in [1.165, 1.54) is 5.56 Å². The van der Waals surface area contributed by atoms with Crippen LogP contribution in [0.15, 0.2) is 54.7 Å². The number of carbonyl (C=O) groups excluding carboxylic acids is 1. The molecule has 1 N–H and O–H groups in total. The fraction of sp³-hybridized carbons (Fsp3) is 0.211. The van der Waals surface area contributed by atoms with E-state index in [4.69, 9.17) is 0 Å². The van der Waals surface area contributed by atoms with Crippen molar-refractivity contribution in [2.75, 3.05) is 0 Å². The SMILES string of the molecule is Cc1ccc2c(C(C)C(=O)Cc3ccccc3)c[nH]c2c1. The van der Waals surface area contributed by atoms with Crippen molar-refractivity contribution in [2.45, 2.75) is 26.2 Å². The van der Waals surface area contributed by atoms with Crippen molar-refractivity contribution < 1.29 is 4.79 Å². The number of benzene rings is 2. The van der Waals surface area contributed by atoms with Gasteiger partial charge in [0.15, 0.2) is 0 Å². The molecule has 2 heteroatoms. The topological polar surface area (TPSA) is 32.9 Å². The van der Waals surface area contributed by atoms with Crippen LogP contribution < -0.4 is 0 Å². The molecule has 0 bridgehead atoms. The lowest BCUT2D eigenvalue weighted by atomic mass is 9.92. The molecule has 1 unspecified atom stereocenters. The van der Waals surface area contributed by atoms with Crippen molar-refractivity contribution in [3.63, 3.8) is 0 Å². The van der Waals surface area contributed by atoms with Crippen LogP contribution in [0.5, 0.6) is 0 Å². The van der Waals surface area contributed by atoms with Crippen LogP contribution in [0.2, 0.25) is 0 Å². The van der Waals surface area contributed by atoms with E-state index in [2.05, 4.69) is 30.1 Å². The number of hydrogen-bond donors (Lipinski definition) is 1. The van der Waals surface area contributed by atoms with Crippen LogP contribution in [0.3, 0.4) is 0 Å². The Hall–Kier alpha value is -2.35. The number of rotatable bonds is 4. The second-order valence-corrected chi connectivity index (χ2v) is 5.64. The highest BCUT2D eigenvalue weighted by molar-refractivity contribution is 5.93. The standard InChI is InChI=1S/C19H19NO/c1-13-8-9-16-17(12-20-18(16)10-13)14(2)19(21)11-15-6-4-3-5-7-15/h3-10,12,14,20H,11H2,1-2H3. The lowest BCUT2D eigenvalue weighted by Crippen LogP contribution is -2.11. The molecule has 0 radical (unpaired) electrons. The average Bonchev–Trinajstić information content (AvgIpc) is 2.90. The Morgan fingerprint density at radius 3 is 2.67 bits per heavy atom. The summed E-state index contributed by atoms with van der Waals surface area (Å²) in [5, 5.41) is 1.15. The maximum absolute atomic E-state index is 12.5. The van der Waals surface area contributed by atoms with Gasteiger partial charge < -0.3 is 4.98 Å². The smallest absolute Gasteiger partial charge is 0.144 e. The molecule has 0 aliphatic heterocycles. The van der Waals surface area contributed by atoms with Crippen molar-refractivity contribution in [3.05, 3.63) is 71.4 Å². The molecule has 106 valence electrons. The summed E-state index contributed by atoms with van der Waals surface area (Å²) in [6.45, 7) is 4.07. The van der Waals surface area contributed by atoms with Crippen LogP contribution in [0.1, 0.15) is 29.5 Å².